The first kappa shape index (κ1) is 12.7. The van der Waals surface area contributed by atoms with Crippen molar-refractivity contribution >= 4 is 34.8 Å². The van der Waals surface area contributed by atoms with E-state index in [-0.39, 0.29) is 27.0 Å². The van der Waals surface area contributed by atoms with E-state index >= 15 is 0 Å². The van der Waals surface area contributed by atoms with E-state index in [0.717, 1.165) is 0 Å². The minimum absolute atomic E-state index is 0.115. The number of pyridine rings is 1. The van der Waals surface area contributed by atoms with Crippen molar-refractivity contribution in [3.8, 4) is 5.75 Å². The minimum atomic E-state index is -0.497. The van der Waals surface area contributed by atoms with Crippen molar-refractivity contribution in [2.24, 2.45) is 0 Å². The van der Waals surface area contributed by atoms with Crippen LogP contribution >= 0.6 is 23.2 Å². The van der Waals surface area contributed by atoms with Gasteiger partial charge >= 0.3 is 0 Å². The van der Waals surface area contributed by atoms with Crippen LogP contribution < -0.4 is 5.32 Å². The number of rotatable bonds is 2. The van der Waals surface area contributed by atoms with Crippen LogP contribution in [0, 0.1) is 0 Å². The molecule has 0 saturated carbocycles. The predicted octanol–water partition coefficient (Wildman–Crippen LogP) is 3.35. The third-order valence-electron chi connectivity index (χ3n) is 2.24. The van der Waals surface area contributed by atoms with Gasteiger partial charge in [0, 0.05) is 12.4 Å². The number of halogens is 2. The maximum atomic E-state index is 11.9. The zero-order valence-corrected chi connectivity index (χ0v) is 10.5. The molecule has 0 aliphatic heterocycles. The maximum Gasteiger partial charge on any atom is 0.259 e. The van der Waals surface area contributed by atoms with Crippen LogP contribution in [-0.4, -0.2) is 16.0 Å². The molecule has 18 heavy (non-hydrogen) atoms. The molecule has 0 saturated heterocycles. The van der Waals surface area contributed by atoms with Gasteiger partial charge in [0.15, 0.2) is 0 Å². The quantitative estimate of drug-likeness (QED) is 0.888. The van der Waals surface area contributed by atoms with Gasteiger partial charge in [0.05, 0.1) is 21.3 Å². The summed E-state index contributed by atoms with van der Waals surface area (Å²) in [4.78, 5) is 15.7. The number of carbonyl (C=O) groups excluding carboxylic acids is 1. The first-order valence-corrected chi connectivity index (χ1v) is 5.73. The van der Waals surface area contributed by atoms with Gasteiger partial charge in [-0.3, -0.25) is 9.78 Å². The Kier molecular flexibility index (Phi) is 3.69. The first-order valence-electron chi connectivity index (χ1n) is 4.98. The summed E-state index contributed by atoms with van der Waals surface area (Å²) in [5.74, 6) is -0.612. The fourth-order valence-electron chi connectivity index (χ4n) is 1.38. The van der Waals surface area contributed by atoms with E-state index in [1.807, 2.05) is 0 Å². The fraction of sp³-hybridized carbons (Fsp3) is 0. The lowest BCUT2D eigenvalue weighted by Gasteiger charge is -2.09. The lowest BCUT2D eigenvalue weighted by molar-refractivity contribution is 0.102. The number of para-hydroxylation sites is 1. The number of aromatic hydroxyl groups is 1. The summed E-state index contributed by atoms with van der Waals surface area (Å²) in [5, 5.41) is 12.5. The van der Waals surface area contributed by atoms with Crippen molar-refractivity contribution in [3.63, 3.8) is 0 Å². The van der Waals surface area contributed by atoms with Gasteiger partial charge in [-0.05, 0) is 12.1 Å². The molecule has 2 rings (SSSR count). The average Bonchev–Trinajstić information content (AvgIpc) is 2.34. The van der Waals surface area contributed by atoms with Gasteiger partial charge in [0.25, 0.3) is 5.91 Å². The SMILES string of the molecule is O=C(Nc1c(Cl)cncc1Cl)c1ccccc1O. The van der Waals surface area contributed by atoms with Crippen LogP contribution in [0.3, 0.4) is 0 Å². The molecule has 0 spiro atoms. The Balaban J connectivity index is 2.30. The number of nitrogens with zero attached hydrogens (tertiary/aromatic N) is 1. The Morgan fingerprint density at radius 1 is 1.17 bits per heavy atom. The summed E-state index contributed by atoms with van der Waals surface area (Å²) < 4.78 is 0. The molecule has 92 valence electrons. The Hall–Kier alpha value is -1.78. The molecule has 2 aromatic rings. The van der Waals surface area contributed by atoms with Crippen molar-refractivity contribution in [2.45, 2.75) is 0 Å². The van der Waals surface area contributed by atoms with Gasteiger partial charge in [-0.2, -0.15) is 0 Å². The smallest absolute Gasteiger partial charge is 0.259 e. The maximum absolute atomic E-state index is 11.9. The zero-order valence-electron chi connectivity index (χ0n) is 9.02. The number of phenolic OH excluding ortho intramolecular Hbond substituents is 1. The summed E-state index contributed by atoms with van der Waals surface area (Å²) in [7, 11) is 0. The molecule has 4 nitrogen and oxygen atoms in total. The van der Waals surface area contributed by atoms with E-state index in [0.29, 0.717) is 0 Å². The fourth-order valence-corrected chi connectivity index (χ4v) is 1.84. The summed E-state index contributed by atoms with van der Waals surface area (Å²) in [5.41, 5.74) is 0.406. The van der Waals surface area contributed by atoms with Crippen molar-refractivity contribution < 1.29 is 9.90 Å². The number of carbonyl (C=O) groups is 1. The Bertz CT molecular complexity index is 582. The second-order valence-corrected chi connectivity index (χ2v) is 4.26. The van der Waals surface area contributed by atoms with Crippen molar-refractivity contribution in [2.75, 3.05) is 5.32 Å². The number of anilines is 1. The van der Waals surface area contributed by atoms with Gasteiger partial charge in [0.1, 0.15) is 5.75 Å². The lowest BCUT2D eigenvalue weighted by atomic mass is 10.2. The zero-order chi connectivity index (χ0) is 13.1. The van der Waals surface area contributed by atoms with Crippen LogP contribution in [0.2, 0.25) is 10.0 Å². The van der Waals surface area contributed by atoms with E-state index in [1.54, 1.807) is 12.1 Å². The van der Waals surface area contributed by atoms with Gasteiger partial charge in [-0.25, -0.2) is 0 Å². The van der Waals surface area contributed by atoms with Crippen molar-refractivity contribution in [3.05, 3.63) is 52.3 Å². The summed E-state index contributed by atoms with van der Waals surface area (Å²) in [6.07, 6.45) is 2.74. The highest BCUT2D eigenvalue weighted by Gasteiger charge is 2.14. The number of aromatic nitrogens is 1. The van der Waals surface area contributed by atoms with Crippen LogP contribution in [0.4, 0.5) is 5.69 Å². The molecule has 2 N–H and O–H groups in total. The van der Waals surface area contributed by atoms with Crippen LogP contribution in [0.1, 0.15) is 10.4 Å². The third kappa shape index (κ3) is 2.55. The predicted molar refractivity (Wildman–Crippen MR) is 70.3 cm³/mol. The lowest BCUT2D eigenvalue weighted by Crippen LogP contribution is -2.12. The molecular formula is C12H8Cl2N2O2. The number of benzene rings is 1. The van der Waals surface area contributed by atoms with Crippen LogP contribution in [0.15, 0.2) is 36.7 Å². The van der Waals surface area contributed by atoms with E-state index < -0.39 is 5.91 Å². The van der Waals surface area contributed by atoms with Gasteiger partial charge in [-0.1, -0.05) is 35.3 Å². The van der Waals surface area contributed by atoms with Crippen molar-refractivity contribution in [1.29, 1.82) is 0 Å². The number of hydrogen-bond acceptors (Lipinski definition) is 3. The van der Waals surface area contributed by atoms with Crippen LogP contribution in [-0.2, 0) is 0 Å². The number of phenols is 1. The van der Waals surface area contributed by atoms with Gasteiger partial charge < -0.3 is 10.4 Å². The summed E-state index contributed by atoms with van der Waals surface area (Å²) >= 11 is 11.8. The number of hydrogen-bond donors (Lipinski definition) is 2. The molecule has 0 aliphatic carbocycles. The van der Waals surface area contributed by atoms with E-state index in [9.17, 15) is 9.90 Å². The normalized spacial score (nSPS) is 10.1. The van der Waals surface area contributed by atoms with Crippen molar-refractivity contribution in [1.82, 2.24) is 4.98 Å². The summed E-state index contributed by atoms with van der Waals surface area (Å²) in [6, 6.07) is 6.18. The summed E-state index contributed by atoms with van der Waals surface area (Å²) in [6.45, 7) is 0. The second-order valence-electron chi connectivity index (χ2n) is 3.45. The molecule has 0 atom stereocenters. The molecule has 1 amide bonds. The number of amides is 1. The van der Waals surface area contributed by atoms with E-state index in [1.165, 1.54) is 24.5 Å². The Morgan fingerprint density at radius 3 is 2.39 bits per heavy atom. The van der Waals surface area contributed by atoms with Gasteiger partial charge in [0.2, 0.25) is 0 Å². The monoisotopic (exact) mass is 282 g/mol. The second kappa shape index (κ2) is 5.25. The molecule has 0 bridgehead atoms. The largest absolute Gasteiger partial charge is 0.507 e. The molecule has 1 aromatic carbocycles. The van der Waals surface area contributed by atoms with E-state index in [4.69, 9.17) is 23.2 Å². The molecule has 0 aliphatic rings. The standard InChI is InChI=1S/C12H8Cl2N2O2/c13-8-5-15-6-9(14)11(8)16-12(18)7-3-1-2-4-10(7)17/h1-6,17H,(H,15,16,18). The highest BCUT2D eigenvalue weighted by Crippen LogP contribution is 2.29. The molecule has 0 radical (unpaired) electrons. The number of nitrogens with one attached hydrogen (secondary N) is 1. The molecular weight excluding hydrogens is 275 g/mol. The molecule has 1 heterocycles. The third-order valence-corrected chi connectivity index (χ3v) is 2.81. The average molecular weight is 283 g/mol. The minimum Gasteiger partial charge on any atom is -0.507 e. The Morgan fingerprint density at radius 2 is 1.78 bits per heavy atom. The van der Waals surface area contributed by atoms with Crippen LogP contribution in [0.25, 0.3) is 0 Å². The van der Waals surface area contributed by atoms with Crippen LogP contribution in [0.5, 0.6) is 5.75 Å². The Labute approximate surface area is 113 Å². The van der Waals surface area contributed by atoms with Gasteiger partial charge in [-0.15, -0.1) is 0 Å². The molecule has 6 heteroatoms. The highest BCUT2D eigenvalue weighted by molar-refractivity contribution is 6.39. The highest BCUT2D eigenvalue weighted by atomic mass is 35.5. The molecule has 0 fully saturated rings. The first-order chi connectivity index (χ1) is 8.59. The van der Waals surface area contributed by atoms with E-state index in [2.05, 4.69) is 10.3 Å². The molecule has 0 unspecified atom stereocenters. The topological polar surface area (TPSA) is 62.2 Å². The molecule has 1 aromatic heterocycles.